The topological polar surface area (TPSA) is 77.6 Å². The quantitative estimate of drug-likeness (QED) is 0.182. The molecule has 0 amide bonds. The van der Waals surface area contributed by atoms with Crippen molar-refractivity contribution < 1.29 is 4.42 Å². The molecule has 0 saturated heterocycles. The van der Waals surface area contributed by atoms with Gasteiger partial charge in [0.2, 0.25) is 0 Å². The average molecular weight is 630 g/mol. The standard InChI is InChI=1S/C43H27N5O/c1-5-15-28(16-6-1)35-27-36(29-17-7-2-8-18-29)45-43(44-35)34-25-32(26-38-39(34)33-23-13-14-24-37(33)49-38)42-47-40(30-19-9-3-10-20-30)46-41(48-42)31-21-11-4-12-22-31/h1-27H. The first-order valence-electron chi connectivity index (χ1n) is 16.1. The van der Waals surface area contributed by atoms with E-state index in [0.29, 0.717) is 28.9 Å². The highest BCUT2D eigenvalue weighted by molar-refractivity contribution is 6.13. The van der Waals surface area contributed by atoms with Crippen LogP contribution in [0.1, 0.15) is 0 Å². The van der Waals surface area contributed by atoms with Gasteiger partial charge in [-0.1, -0.05) is 140 Å². The molecule has 0 aliphatic rings. The molecule has 230 valence electrons. The molecule has 6 heteroatoms. The lowest BCUT2D eigenvalue weighted by Crippen LogP contribution is -2.01. The zero-order valence-electron chi connectivity index (χ0n) is 26.2. The van der Waals surface area contributed by atoms with Gasteiger partial charge in [0, 0.05) is 44.2 Å². The first-order chi connectivity index (χ1) is 24.3. The summed E-state index contributed by atoms with van der Waals surface area (Å²) in [5.41, 5.74) is 8.55. The first-order valence-corrected chi connectivity index (χ1v) is 16.1. The molecule has 0 fully saturated rings. The van der Waals surface area contributed by atoms with Gasteiger partial charge in [-0.2, -0.15) is 0 Å². The predicted octanol–water partition coefficient (Wildman–Crippen LogP) is 10.6. The molecule has 49 heavy (non-hydrogen) atoms. The molecular formula is C43H27N5O. The maximum atomic E-state index is 6.51. The van der Waals surface area contributed by atoms with Crippen molar-refractivity contribution in [1.29, 1.82) is 0 Å². The summed E-state index contributed by atoms with van der Waals surface area (Å²) in [6.07, 6.45) is 0. The number of nitrogens with zero attached hydrogens (tertiary/aromatic N) is 5. The Morgan fingerprint density at radius 1 is 0.327 bits per heavy atom. The molecule has 6 aromatic carbocycles. The monoisotopic (exact) mass is 629 g/mol. The molecule has 0 N–H and O–H groups in total. The van der Waals surface area contributed by atoms with Gasteiger partial charge in [0.1, 0.15) is 11.2 Å². The molecule has 0 atom stereocenters. The number of hydrogen-bond donors (Lipinski definition) is 0. The maximum Gasteiger partial charge on any atom is 0.164 e. The Labute approximate surface area is 282 Å². The van der Waals surface area contributed by atoms with E-state index in [1.807, 2.05) is 127 Å². The summed E-state index contributed by atoms with van der Waals surface area (Å²) in [6.45, 7) is 0. The van der Waals surface area contributed by atoms with Gasteiger partial charge < -0.3 is 4.42 Å². The summed E-state index contributed by atoms with van der Waals surface area (Å²) in [5, 5.41) is 1.92. The third-order valence-electron chi connectivity index (χ3n) is 8.54. The number of benzene rings is 6. The van der Waals surface area contributed by atoms with Gasteiger partial charge in [-0.3, -0.25) is 0 Å². The highest BCUT2D eigenvalue weighted by atomic mass is 16.3. The molecule has 0 aliphatic heterocycles. The molecule has 9 aromatic rings. The zero-order valence-corrected chi connectivity index (χ0v) is 26.2. The SMILES string of the molecule is c1ccc(-c2cc(-c3ccccc3)nc(-c3cc(-c4nc(-c5ccccc5)nc(-c5ccccc5)n4)cc4oc5ccccc5c34)n2)cc1. The second-order valence-electron chi connectivity index (χ2n) is 11.7. The van der Waals surface area contributed by atoms with Crippen molar-refractivity contribution in [2.75, 3.05) is 0 Å². The lowest BCUT2D eigenvalue weighted by Gasteiger charge is -2.12. The van der Waals surface area contributed by atoms with Crippen molar-refractivity contribution in [1.82, 2.24) is 24.9 Å². The van der Waals surface area contributed by atoms with E-state index < -0.39 is 0 Å². The highest BCUT2D eigenvalue weighted by Gasteiger charge is 2.21. The van der Waals surface area contributed by atoms with Gasteiger partial charge in [0.05, 0.1) is 11.4 Å². The van der Waals surface area contributed by atoms with Crippen LogP contribution in [0.2, 0.25) is 0 Å². The fourth-order valence-corrected chi connectivity index (χ4v) is 6.18. The number of hydrogen-bond acceptors (Lipinski definition) is 6. The van der Waals surface area contributed by atoms with E-state index in [1.165, 1.54) is 0 Å². The van der Waals surface area contributed by atoms with Crippen LogP contribution in [0.25, 0.3) is 90.0 Å². The van der Waals surface area contributed by atoms with Gasteiger partial charge in [0.15, 0.2) is 23.3 Å². The van der Waals surface area contributed by atoms with Crippen molar-refractivity contribution in [2.24, 2.45) is 0 Å². The van der Waals surface area contributed by atoms with E-state index in [0.717, 1.165) is 61.1 Å². The maximum absolute atomic E-state index is 6.51. The van der Waals surface area contributed by atoms with Gasteiger partial charge in [-0.05, 0) is 24.3 Å². The number of furan rings is 1. The summed E-state index contributed by atoms with van der Waals surface area (Å²) in [7, 11) is 0. The Kier molecular flexibility index (Phi) is 7.02. The van der Waals surface area contributed by atoms with Crippen LogP contribution < -0.4 is 0 Å². The highest BCUT2D eigenvalue weighted by Crippen LogP contribution is 2.40. The van der Waals surface area contributed by atoms with E-state index >= 15 is 0 Å². The summed E-state index contributed by atoms with van der Waals surface area (Å²) in [6, 6.07) is 54.6. The Bertz CT molecular complexity index is 2470. The van der Waals surface area contributed by atoms with E-state index in [4.69, 9.17) is 29.3 Å². The lowest BCUT2D eigenvalue weighted by molar-refractivity contribution is 0.669. The third kappa shape index (κ3) is 5.41. The van der Waals surface area contributed by atoms with Gasteiger partial charge in [-0.25, -0.2) is 24.9 Å². The van der Waals surface area contributed by atoms with E-state index in [1.54, 1.807) is 0 Å². The van der Waals surface area contributed by atoms with Crippen molar-refractivity contribution in [2.45, 2.75) is 0 Å². The van der Waals surface area contributed by atoms with Crippen LogP contribution in [0.5, 0.6) is 0 Å². The zero-order chi connectivity index (χ0) is 32.6. The Morgan fingerprint density at radius 3 is 1.31 bits per heavy atom. The van der Waals surface area contributed by atoms with E-state index in [9.17, 15) is 0 Å². The lowest BCUT2D eigenvalue weighted by atomic mass is 10.0. The van der Waals surface area contributed by atoms with Crippen molar-refractivity contribution in [3.63, 3.8) is 0 Å². The summed E-state index contributed by atoms with van der Waals surface area (Å²) >= 11 is 0. The number of aromatic nitrogens is 5. The normalized spacial score (nSPS) is 11.3. The second kappa shape index (κ2) is 12.1. The summed E-state index contributed by atoms with van der Waals surface area (Å²) in [5.74, 6) is 2.28. The largest absolute Gasteiger partial charge is 0.456 e. The number of fused-ring (bicyclic) bond motifs is 3. The predicted molar refractivity (Wildman–Crippen MR) is 195 cm³/mol. The fourth-order valence-electron chi connectivity index (χ4n) is 6.18. The number of rotatable bonds is 6. The molecule has 6 nitrogen and oxygen atoms in total. The molecule has 0 saturated carbocycles. The van der Waals surface area contributed by atoms with Crippen LogP contribution in [0.4, 0.5) is 0 Å². The van der Waals surface area contributed by atoms with Gasteiger partial charge in [-0.15, -0.1) is 0 Å². The first kappa shape index (κ1) is 28.4. The molecule has 0 unspecified atom stereocenters. The minimum Gasteiger partial charge on any atom is -0.456 e. The minimum atomic E-state index is 0.527. The number of para-hydroxylation sites is 1. The van der Waals surface area contributed by atoms with Crippen LogP contribution in [0.15, 0.2) is 168 Å². The van der Waals surface area contributed by atoms with E-state index in [2.05, 4.69) is 36.4 Å². The molecule has 0 radical (unpaired) electrons. The van der Waals surface area contributed by atoms with Crippen LogP contribution in [-0.2, 0) is 0 Å². The van der Waals surface area contributed by atoms with E-state index in [-0.39, 0.29) is 0 Å². The minimum absolute atomic E-state index is 0.527. The van der Waals surface area contributed by atoms with Crippen molar-refractivity contribution >= 4 is 21.9 Å². The summed E-state index contributed by atoms with van der Waals surface area (Å²) < 4.78 is 6.51. The van der Waals surface area contributed by atoms with Crippen LogP contribution in [0, 0.1) is 0 Å². The fraction of sp³-hybridized carbons (Fsp3) is 0. The molecular weight excluding hydrogens is 603 g/mol. The van der Waals surface area contributed by atoms with Crippen LogP contribution in [-0.4, -0.2) is 24.9 Å². The molecule has 0 aliphatic carbocycles. The third-order valence-corrected chi connectivity index (χ3v) is 8.54. The van der Waals surface area contributed by atoms with Gasteiger partial charge in [0.25, 0.3) is 0 Å². The average Bonchev–Trinajstić information content (AvgIpc) is 3.57. The molecule has 3 heterocycles. The molecule has 3 aromatic heterocycles. The van der Waals surface area contributed by atoms with Gasteiger partial charge >= 0.3 is 0 Å². The Morgan fingerprint density at radius 2 is 0.776 bits per heavy atom. The van der Waals surface area contributed by atoms with Crippen LogP contribution >= 0.6 is 0 Å². The molecule has 0 bridgehead atoms. The van der Waals surface area contributed by atoms with Crippen molar-refractivity contribution in [3.05, 3.63) is 164 Å². The van der Waals surface area contributed by atoms with Crippen molar-refractivity contribution in [3.8, 4) is 68.1 Å². The summed E-state index contributed by atoms with van der Waals surface area (Å²) in [4.78, 5) is 25.3. The smallest absolute Gasteiger partial charge is 0.164 e. The Balaban J connectivity index is 1.33. The Hall–Kier alpha value is -6.79. The molecule has 9 rings (SSSR count). The molecule has 0 spiro atoms. The second-order valence-corrected chi connectivity index (χ2v) is 11.7. The van der Waals surface area contributed by atoms with Crippen LogP contribution in [0.3, 0.4) is 0 Å².